The third-order valence-corrected chi connectivity index (χ3v) is 3.20. The van der Waals surface area contributed by atoms with Crippen LogP contribution in [0.25, 0.3) is 0 Å². The first-order chi connectivity index (χ1) is 10.5. The van der Waals surface area contributed by atoms with Crippen LogP contribution in [-0.2, 0) is 0 Å². The van der Waals surface area contributed by atoms with Gasteiger partial charge in [0.1, 0.15) is 0 Å². The fourth-order valence-corrected chi connectivity index (χ4v) is 2.09. The molecule has 2 aromatic rings. The summed E-state index contributed by atoms with van der Waals surface area (Å²) in [6.07, 6.45) is 0. The smallest absolute Gasteiger partial charge is 0.231 e. The third-order valence-electron chi connectivity index (χ3n) is 3.20. The van der Waals surface area contributed by atoms with Gasteiger partial charge in [0, 0.05) is 25.8 Å². The van der Waals surface area contributed by atoms with Crippen molar-refractivity contribution in [1.29, 1.82) is 0 Å². The summed E-state index contributed by atoms with van der Waals surface area (Å²) < 4.78 is 10.7. The van der Waals surface area contributed by atoms with E-state index in [1.54, 1.807) is 4.90 Å². The van der Waals surface area contributed by atoms with E-state index in [9.17, 15) is 0 Å². The maximum Gasteiger partial charge on any atom is 0.231 e. The molecule has 0 bridgehead atoms. The molecule has 3 N–H and O–H groups in total. The summed E-state index contributed by atoms with van der Waals surface area (Å²) in [5, 5.41) is 3.32. The van der Waals surface area contributed by atoms with Crippen LogP contribution >= 0.6 is 0 Å². The zero-order valence-corrected chi connectivity index (χ0v) is 12.7. The topological polar surface area (TPSA) is 98.4 Å². The van der Waals surface area contributed by atoms with Gasteiger partial charge in [-0.15, -0.1) is 0 Å². The van der Waals surface area contributed by atoms with Gasteiger partial charge in [-0.3, -0.25) is 0 Å². The zero-order valence-electron chi connectivity index (χ0n) is 12.7. The maximum atomic E-state index is 5.75. The molecule has 0 unspecified atom stereocenters. The van der Waals surface area contributed by atoms with Gasteiger partial charge in [0.2, 0.25) is 18.7 Å². The molecule has 0 amide bonds. The van der Waals surface area contributed by atoms with Gasteiger partial charge in [-0.05, 0) is 19.1 Å². The molecule has 0 radical (unpaired) electrons. The summed E-state index contributed by atoms with van der Waals surface area (Å²) in [7, 11) is 3.71. The second-order valence-electron chi connectivity index (χ2n) is 5.18. The van der Waals surface area contributed by atoms with E-state index in [4.69, 9.17) is 15.2 Å². The van der Waals surface area contributed by atoms with Crippen LogP contribution in [0.5, 0.6) is 11.5 Å². The average molecular weight is 302 g/mol. The van der Waals surface area contributed by atoms with Crippen molar-refractivity contribution in [3.05, 3.63) is 24.0 Å². The van der Waals surface area contributed by atoms with Crippen LogP contribution in [0, 0.1) is 0 Å². The average Bonchev–Trinajstić information content (AvgIpc) is 2.94. The van der Waals surface area contributed by atoms with Crippen molar-refractivity contribution in [2.75, 3.05) is 36.8 Å². The van der Waals surface area contributed by atoms with E-state index >= 15 is 0 Å². The summed E-state index contributed by atoms with van der Waals surface area (Å²) in [5.74, 6) is 2.78. The fraction of sp³-hybridized carbons (Fsp3) is 0.357. The van der Waals surface area contributed by atoms with E-state index in [1.807, 2.05) is 39.2 Å². The number of ether oxygens (including phenoxy) is 2. The van der Waals surface area contributed by atoms with Gasteiger partial charge in [-0.2, -0.15) is 15.0 Å². The zero-order chi connectivity index (χ0) is 15.7. The molecule has 116 valence electrons. The Labute approximate surface area is 128 Å². The molecule has 2 heterocycles. The van der Waals surface area contributed by atoms with Crippen LogP contribution < -0.4 is 25.4 Å². The Bertz CT molecular complexity index is 691. The highest BCUT2D eigenvalue weighted by Gasteiger charge is 2.16. The van der Waals surface area contributed by atoms with Gasteiger partial charge < -0.3 is 25.4 Å². The lowest BCUT2D eigenvalue weighted by Crippen LogP contribution is -2.19. The normalized spacial score (nSPS) is 13.8. The number of fused-ring (bicyclic) bond motifs is 1. The minimum atomic E-state index is -0.135. The molecule has 0 fully saturated rings. The van der Waals surface area contributed by atoms with Crippen molar-refractivity contribution < 1.29 is 9.47 Å². The Morgan fingerprint density at radius 3 is 2.73 bits per heavy atom. The lowest BCUT2D eigenvalue weighted by Gasteiger charge is -2.17. The van der Waals surface area contributed by atoms with Crippen molar-refractivity contribution >= 4 is 17.6 Å². The van der Waals surface area contributed by atoms with Crippen molar-refractivity contribution in [3.63, 3.8) is 0 Å². The molecular formula is C14H18N6O2. The second kappa shape index (κ2) is 5.55. The number of nitrogens with two attached hydrogens (primary N) is 1. The molecule has 3 rings (SSSR count). The van der Waals surface area contributed by atoms with Gasteiger partial charge in [0.25, 0.3) is 0 Å². The first kappa shape index (κ1) is 14.2. The number of nitrogens with zero attached hydrogens (tertiary/aromatic N) is 4. The minimum absolute atomic E-state index is 0.135. The Hall–Kier alpha value is -2.77. The first-order valence-electron chi connectivity index (χ1n) is 6.88. The quantitative estimate of drug-likeness (QED) is 0.875. The second-order valence-corrected chi connectivity index (χ2v) is 5.18. The van der Waals surface area contributed by atoms with E-state index in [-0.39, 0.29) is 18.8 Å². The van der Waals surface area contributed by atoms with E-state index < -0.39 is 0 Å². The van der Waals surface area contributed by atoms with Crippen LogP contribution in [0.2, 0.25) is 0 Å². The molecule has 1 aliphatic heterocycles. The van der Waals surface area contributed by atoms with Crippen LogP contribution in [0.3, 0.4) is 0 Å². The van der Waals surface area contributed by atoms with Crippen molar-refractivity contribution in [3.8, 4) is 11.5 Å². The van der Waals surface area contributed by atoms with Gasteiger partial charge in [0.05, 0.1) is 6.04 Å². The van der Waals surface area contributed by atoms with Crippen molar-refractivity contribution in [2.45, 2.75) is 13.0 Å². The van der Waals surface area contributed by atoms with Gasteiger partial charge in [-0.1, -0.05) is 0 Å². The highest BCUT2D eigenvalue weighted by molar-refractivity contribution is 5.56. The highest BCUT2D eigenvalue weighted by atomic mass is 16.7. The van der Waals surface area contributed by atoms with Crippen LogP contribution in [-0.4, -0.2) is 35.8 Å². The van der Waals surface area contributed by atoms with Crippen LogP contribution in [0.1, 0.15) is 18.8 Å². The molecule has 0 saturated heterocycles. The Balaban J connectivity index is 1.81. The van der Waals surface area contributed by atoms with E-state index in [1.165, 1.54) is 0 Å². The number of nitrogens with one attached hydrogen (secondary N) is 1. The molecule has 0 spiro atoms. The number of hydrogen-bond donors (Lipinski definition) is 2. The molecule has 1 aromatic carbocycles. The van der Waals surface area contributed by atoms with Gasteiger partial charge in [-0.25, -0.2) is 0 Å². The predicted octanol–water partition coefficient (Wildman–Crippen LogP) is 1.42. The summed E-state index contributed by atoms with van der Waals surface area (Å²) >= 11 is 0. The summed E-state index contributed by atoms with van der Waals surface area (Å²) in [6.45, 7) is 2.21. The molecule has 1 aliphatic rings. The molecule has 0 saturated carbocycles. The molecule has 22 heavy (non-hydrogen) atoms. The highest BCUT2D eigenvalue weighted by Crippen LogP contribution is 2.35. The largest absolute Gasteiger partial charge is 0.454 e. The Morgan fingerprint density at radius 2 is 1.95 bits per heavy atom. The lowest BCUT2D eigenvalue weighted by molar-refractivity contribution is 0.174. The first-order valence-corrected chi connectivity index (χ1v) is 6.88. The number of aromatic nitrogens is 3. The Kier molecular flexibility index (Phi) is 3.58. The standard InChI is InChI=1S/C14H18N6O2/c1-8(12-17-13(15)19-14(18-12)20(2)3)16-9-4-5-10-11(6-9)22-7-21-10/h4-6,8,16H,7H2,1-3H3,(H2,15,17,18,19)/t8-/m1/s1. The minimum Gasteiger partial charge on any atom is -0.454 e. The van der Waals surface area contributed by atoms with Gasteiger partial charge in [0.15, 0.2) is 17.3 Å². The number of nitrogen functional groups attached to an aromatic ring is 1. The monoisotopic (exact) mass is 302 g/mol. The number of hydrogen-bond acceptors (Lipinski definition) is 8. The van der Waals surface area contributed by atoms with E-state index in [2.05, 4.69) is 20.3 Å². The SMILES string of the molecule is C[C@@H](Nc1ccc2c(c1)OCO2)c1nc(N)nc(N(C)C)n1. The van der Waals surface area contributed by atoms with Crippen LogP contribution in [0.4, 0.5) is 17.6 Å². The van der Waals surface area contributed by atoms with E-state index in [0.717, 1.165) is 17.2 Å². The summed E-state index contributed by atoms with van der Waals surface area (Å²) in [5.41, 5.74) is 6.64. The molecule has 1 aromatic heterocycles. The molecular weight excluding hydrogens is 284 g/mol. The lowest BCUT2D eigenvalue weighted by atomic mass is 10.2. The third kappa shape index (κ3) is 2.80. The molecule has 0 aliphatic carbocycles. The van der Waals surface area contributed by atoms with Crippen LogP contribution in [0.15, 0.2) is 18.2 Å². The van der Waals surface area contributed by atoms with E-state index in [0.29, 0.717) is 11.8 Å². The summed E-state index contributed by atoms with van der Waals surface area (Å²) in [4.78, 5) is 14.5. The molecule has 8 heteroatoms. The number of benzene rings is 1. The fourth-order valence-electron chi connectivity index (χ4n) is 2.09. The maximum absolute atomic E-state index is 5.75. The molecule has 1 atom stereocenters. The molecule has 8 nitrogen and oxygen atoms in total. The Morgan fingerprint density at radius 1 is 1.18 bits per heavy atom. The van der Waals surface area contributed by atoms with Gasteiger partial charge >= 0.3 is 0 Å². The van der Waals surface area contributed by atoms with Crippen molar-refractivity contribution in [2.24, 2.45) is 0 Å². The summed E-state index contributed by atoms with van der Waals surface area (Å²) in [6, 6.07) is 5.53. The number of anilines is 3. The number of rotatable bonds is 4. The van der Waals surface area contributed by atoms with Crippen molar-refractivity contribution in [1.82, 2.24) is 15.0 Å². The predicted molar refractivity (Wildman–Crippen MR) is 83.2 cm³/mol.